The van der Waals surface area contributed by atoms with E-state index in [-0.39, 0.29) is 0 Å². The van der Waals surface area contributed by atoms with Crippen LogP contribution < -0.4 is 10.6 Å². The molecule has 2 heterocycles. The Kier molecular flexibility index (Phi) is 3.21. The lowest BCUT2D eigenvalue weighted by atomic mass is 10.1. The number of pyridine rings is 1. The summed E-state index contributed by atoms with van der Waals surface area (Å²) in [7, 11) is 0. The smallest absolute Gasteiger partial charge is 0.128 e. The predicted octanol–water partition coefficient (Wildman–Crippen LogP) is 1.78. The largest absolute Gasteiger partial charge is 0.356 e. The molecule has 2 rings (SSSR count). The molecule has 0 bridgehead atoms. The van der Waals surface area contributed by atoms with Crippen LogP contribution in [0.25, 0.3) is 0 Å². The van der Waals surface area contributed by atoms with Crippen molar-refractivity contribution in [2.24, 2.45) is 11.7 Å². The molecular formula is C12H19N3. The maximum atomic E-state index is 5.54. The van der Waals surface area contributed by atoms with E-state index in [1.54, 1.807) is 0 Å². The van der Waals surface area contributed by atoms with E-state index in [9.17, 15) is 0 Å². The van der Waals surface area contributed by atoms with Crippen molar-refractivity contribution in [1.29, 1.82) is 0 Å². The molecule has 82 valence electrons. The van der Waals surface area contributed by atoms with Gasteiger partial charge in [0.25, 0.3) is 0 Å². The van der Waals surface area contributed by atoms with Crippen molar-refractivity contribution in [2.75, 3.05) is 18.0 Å². The summed E-state index contributed by atoms with van der Waals surface area (Å²) < 4.78 is 0. The van der Waals surface area contributed by atoms with E-state index in [0.29, 0.717) is 6.54 Å². The Balaban J connectivity index is 2.04. The van der Waals surface area contributed by atoms with Crippen LogP contribution in [0.5, 0.6) is 0 Å². The summed E-state index contributed by atoms with van der Waals surface area (Å²) in [6, 6.07) is 4.15. The monoisotopic (exact) mass is 205 g/mol. The van der Waals surface area contributed by atoms with Gasteiger partial charge in [-0.3, -0.25) is 0 Å². The molecule has 2 N–H and O–H groups in total. The Morgan fingerprint density at radius 2 is 2.40 bits per heavy atom. The first-order valence-corrected chi connectivity index (χ1v) is 5.73. The lowest BCUT2D eigenvalue weighted by molar-refractivity contribution is 0.568. The topological polar surface area (TPSA) is 42.1 Å². The molecule has 1 aromatic rings. The van der Waals surface area contributed by atoms with Gasteiger partial charge in [-0.25, -0.2) is 4.98 Å². The van der Waals surface area contributed by atoms with Gasteiger partial charge in [0.15, 0.2) is 0 Å². The van der Waals surface area contributed by atoms with Crippen LogP contribution in [-0.2, 0) is 6.54 Å². The minimum absolute atomic E-state index is 0.574. The fraction of sp³-hybridized carbons (Fsp3) is 0.583. The molecule has 15 heavy (non-hydrogen) atoms. The van der Waals surface area contributed by atoms with Crippen molar-refractivity contribution in [3.05, 3.63) is 23.9 Å². The average Bonchev–Trinajstić information content (AvgIpc) is 2.78. The summed E-state index contributed by atoms with van der Waals surface area (Å²) in [5.41, 5.74) is 6.65. The summed E-state index contributed by atoms with van der Waals surface area (Å²) >= 11 is 0. The molecule has 0 aliphatic carbocycles. The van der Waals surface area contributed by atoms with Gasteiger partial charge >= 0.3 is 0 Å². The summed E-state index contributed by atoms with van der Waals surface area (Å²) in [6.07, 6.45) is 4.46. The van der Waals surface area contributed by atoms with Gasteiger partial charge in [0.05, 0.1) is 0 Å². The van der Waals surface area contributed by atoms with E-state index in [4.69, 9.17) is 5.73 Å². The highest BCUT2D eigenvalue weighted by atomic mass is 15.2. The van der Waals surface area contributed by atoms with E-state index in [1.165, 1.54) is 12.8 Å². The van der Waals surface area contributed by atoms with Crippen molar-refractivity contribution in [3.8, 4) is 0 Å². The van der Waals surface area contributed by atoms with Crippen LogP contribution in [-0.4, -0.2) is 18.1 Å². The molecule has 0 radical (unpaired) electrons. The van der Waals surface area contributed by atoms with Crippen molar-refractivity contribution in [1.82, 2.24) is 4.98 Å². The van der Waals surface area contributed by atoms with E-state index < -0.39 is 0 Å². The van der Waals surface area contributed by atoms with Gasteiger partial charge in [0, 0.05) is 25.8 Å². The minimum Gasteiger partial charge on any atom is -0.356 e. The molecule has 1 saturated heterocycles. The quantitative estimate of drug-likeness (QED) is 0.818. The summed E-state index contributed by atoms with van der Waals surface area (Å²) in [5.74, 6) is 1.95. The Bertz CT molecular complexity index is 307. The minimum atomic E-state index is 0.574. The van der Waals surface area contributed by atoms with Gasteiger partial charge in [-0.1, -0.05) is 19.4 Å². The second-order valence-electron chi connectivity index (χ2n) is 4.24. The molecule has 1 unspecified atom stereocenters. The SMILES string of the molecule is CCC1CCN(c2ccc(CN)cn2)C1. The maximum absolute atomic E-state index is 5.54. The highest BCUT2D eigenvalue weighted by Gasteiger charge is 2.21. The number of hydrogen-bond donors (Lipinski definition) is 1. The van der Waals surface area contributed by atoms with Crippen LogP contribution in [0.2, 0.25) is 0 Å². The van der Waals surface area contributed by atoms with Gasteiger partial charge in [-0.15, -0.1) is 0 Å². The lowest BCUT2D eigenvalue weighted by Gasteiger charge is -2.17. The Labute approximate surface area is 91.3 Å². The molecule has 0 amide bonds. The second kappa shape index (κ2) is 4.62. The van der Waals surface area contributed by atoms with E-state index >= 15 is 0 Å². The van der Waals surface area contributed by atoms with E-state index in [0.717, 1.165) is 30.4 Å². The van der Waals surface area contributed by atoms with Crippen LogP contribution in [0.4, 0.5) is 5.82 Å². The first kappa shape index (κ1) is 10.4. The van der Waals surface area contributed by atoms with Crippen molar-refractivity contribution >= 4 is 5.82 Å². The molecule has 1 aliphatic heterocycles. The fourth-order valence-electron chi connectivity index (χ4n) is 2.10. The molecule has 1 aromatic heterocycles. The van der Waals surface area contributed by atoms with Crippen LogP contribution in [0.1, 0.15) is 25.3 Å². The predicted molar refractivity (Wildman–Crippen MR) is 62.7 cm³/mol. The van der Waals surface area contributed by atoms with Crippen LogP contribution in [0, 0.1) is 5.92 Å². The number of hydrogen-bond acceptors (Lipinski definition) is 3. The summed E-state index contributed by atoms with van der Waals surface area (Å²) in [6.45, 7) is 5.14. The van der Waals surface area contributed by atoms with Crippen molar-refractivity contribution < 1.29 is 0 Å². The number of aromatic nitrogens is 1. The average molecular weight is 205 g/mol. The van der Waals surface area contributed by atoms with Gasteiger partial charge in [0.1, 0.15) is 5.82 Å². The molecule has 3 heteroatoms. The molecule has 1 aliphatic rings. The fourth-order valence-corrected chi connectivity index (χ4v) is 2.10. The molecule has 0 spiro atoms. The third-order valence-corrected chi connectivity index (χ3v) is 3.23. The molecule has 1 fully saturated rings. The van der Waals surface area contributed by atoms with Gasteiger partial charge in [-0.2, -0.15) is 0 Å². The summed E-state index contributed by atoms with van der Waals surface area (Å²) in [4.78, 5) is 6.82. The Morgan fingerprint density at radius 3 is 2.93 bits per heavy atom. The number of nitrogens with two attached hydrogens (primary N) is 1. The third kappa shape index (κ3) is 2.29. The van der Waals surface area contributed by atoms with Crippen molar-refractivity contribution in [2.45, 2.75) is 26.3 Å². The van der Waals surface area contributed by atoms with Gasteiger partial charge in [0.2, 0.25) is 0 Å². The highest BCUT2D eigenvalue weighted by Crippen LogP contribution is 2.23. The molecule has 0 saturated carbocycles. The van der Waals surface area contributed by atoms with Gasteiger partial charge in [-0.05, 0) is 24.0 Å². The zero-order valence-corrected chi connectivity index (χ0v) is 9.32. The number of nitrogens with zero attached hydrogens (tertiary/aromatic N) is 2. The Morgan fingerprint density at radius 1 is 1.53 bits per heavy atom. The number of rotatable bonds is 3. The maximum Gasteiger partial charge on any atom is 0.128 e. The normalized spacial score (nSPS) is 20.9. The first-order chi connectivity index (χ1) is 7.33. The van der Waals surface area contributed by atoms with E-state index in [2.05, 4.69) is 28.9 Å². The molecular weight excluding hydrogens is 186 g/mol. The zero-order valence-electron chi connectivity index (χ0n) is 9.32. The lowest BCUT2D eigenvalue weighted by Crippen LogP contribution is -2.20. The molecule has 0 aromatic carbocycles. The number of anilines is 1. The van der Waals surface area contributed by atoms with Crippen LogP contribution in [0.15, 0.2) is 18.3 Å². The summed E-state index contributed by atoms with van der Waals surface area (Å²) in [5, 5.41) is 0. The highest BCUT2D eigenvalue weighted by molar-refractivity contribution is 5.40. The Hall–Kier alpha value is -1.09. The third-order valence-electron chi connectivity index (χ3n) is 3.23. The second-order valence-corrected chi connectivity index (χ2v) is 4.24. The first-order valence-electron chi connectivity index (χ1n) is 5.73. The van der Waals surface area contributed by atoms with E-state index in [1.807, 2.05) is 6.20 Å². The standard InChI is InChI=1S/C12H19N3/c1-2-10-5-6-15(9-10)12-4-3-11(7-13)8-14-12/h3-4,8,10H,2,5-7,9,13H2,1H3. The van der Waals surface area contributed by atoms with Crippen molar-refractivity contribution in [3.63, 3.8) is 0 Å². The van der Waals surface area contributed by atoms with Crippen LogP contribution >= 0.6 is 0 Å². The van der Waals surface area contributed by atoms with Gasteiger partial charge < -0.3 is 10.6 Å². The van der Waals surface area contributed by atoms with Crippen LogP contribution in [0.3, 0.4) is 0 Å². The molecule has 3 nitrogen and oxygen atoms in total. The zero-order chi connectivity index (χ0) is 10.7. The molecule has 1 atom stereocenters.